The summed E-state index contributed by atoms with van der Waals surface area (Å²) in [6, 6.07) is 10.0. The Balaban J connectivity index is 2.78. The van der Waals surface area contributed by atoms with Crippen LogP contribution in [0.2, 0.25) is 0 Å². The zero-order valence-corrected chi connectivity index (χ0v) is 12.3. The molecular weight excluding hydrogens is 266 g/mol. The van der Waals surface area contributed by atoms with E-state index in [9.17, 15) is 0 Å². The van der Waals surface area contributed by atoms with Crippen LogP contribution in [0.5, 0.6) is 0 Å². The molecule has 1 N–H and O–H groups in total. The Morgan fingerprint density at radius 3 is 2.56 bits per heavy atom. The molecule has 18 heavy (non-hydrogen) atoms. The quantitative estimate of drug-likeness (QED) is 0.390. The van der Waals surface area contributed by atoms with Crippen molar-refractivity contribution in [3.8, 4) is 0 Å². The van der Waals surface area contributed by atoms with Gasteiger partial charge in [-0.15, -0.1) is 11.6 Å². The van der Waals surface area contributed by atoms with Gasteiger partial charge < -0.3 is 4.90 Å². The maximum atomic E-state index is 5.74. The smallest absolute Gasteiger partial charge is 0.189 e. The molecular formula is C13H18ClN3S. The van der Waals surface area contributed by atoms with Crippen molar-refractivity contribution in [2.45, 2.75) is 12.8 Å². The van der Waals surface area contributed by atoms with Gasteiger partial charge in [0.2, 0.25) is 0 Å². The molecule has 5 heteroatoms. The highest BCUT2D eigenvalue weighted by molar-refractivity contribution is 7.80. The molecule has 0 fully saturated rings. The molecule has 0 atom stereocenters. The molecule has 0 aliphatic carbocycles. The van der Waals surface area contributed by atoms with E-state index in [0.29, 0.717) is 11.0 Å². The summed E-state index contributed by atoms with van der Waals surface area (Å²) >= 11 is 10.9. The number of nitrogens with zero attached hydrogens (tertiary/aromatic N) is 2. The van der Waals surface area contributed by atoms with E-state index >= 15 is 0 Å². The second-order valence-electron chi connectivity index (χ2n) is 4.03. The normalized spacial score (nSPS) is 11.2. The Kier molecular flexibility index (Phi) is 6.68. The average Bonchev–Trinajstić information content (AvgIpc) is 2.39. The van der Waals surface area contributed by atoms with Gasteiger partial charge in [-0.25, -0.2) is 0 Å². The Bertz CT molecular complexity index is 404. The van der Waals surface area contributed by atoms with Gasteiger partial charge in [0.25, 0.3) is 0 Å². The SMILES string of the molecule is CN(C)C(=S)N/N=C(\CCCCl)c1ccccc1. The first-order valence-electron chi connectivity index (χ1n) is 5.80. The lowest BCUT2D eigenvalue weighted by Gasteiger charge is -2.13. The molecule has 0 aliphatic heterocycles. The number of hydrogen-bond donors (Lipinski definition) is 1. The van der Waals surface area contributed by atoms with E-state index in [-0.39, 0.29) is 0 Å². The molecule has 0 aromatic heterocycles. The predicted octanol–water partition coefficient (Wildman–Crippen LogP) is 2.85. The van der Waals surface area contributed by atoms with E-state index in [4.69, 9.17) is 23.8 Å². The molecule has 0 radical (unpaired) electrons. The monoisotopic (exact) mass is 283 g/mol. The average molecular weight is 284 g/mol. The number of hydrogen-bond acceptors (Lipinski definition) is 2. The number of rotatable bonds is 5. The third kappa shape index (κ3) is 5.02. The standard InChI is InChI=1S/C13H18ClN3S/c1-17(2)13(18)16-15-12(9-6-10-14)11-7-4-3-5-8-11/h3-5,7-8H,6,9-10H2,1-2H3,(H,16,18)/b15-12+. The van der Waals surface area contributed by atoms with Crippen molar-refractivity contribution in [1.82, 2.24) is 10.3 Å². The van der Waals surface area contributed by atoms with Crippen molar-refractivity contribution >= 4 is 34.6 Å². The van der Waals surface area contributed by atoms with Crippen molar-refractivity contribution in [3.05, 3.63) is 35.9 Å². The zero-order chi connectivity index (χ0) is 13.4. The van der Waals surface area contributed by atoms with Crippen LogP contribution in [0, 0.1) is 0 Å². The maximum Gasteiger partial charge on any atom is 0.189 e. The summed E-state index contributed by atoms with van der Waals surface area (Å²) in [5.74, 6) is 0.629. The van der Waals surface area contributed by atoms with Crippen LogP contribution in [0.25, 0.3) is 0 Å². The lowest BCUT2D eigenvalue weighted by Crippen LogP contribution is -2.31. The molecule has 98 valence electrons. The third-order valence-electron chi connectivity index (χ3n) is 2.35. The molecule has 1 aromatic rings. The lowest BCUT2D eigenvalue weighted by atomic mass is 10.1. The molecule has 1 aromatic carbocycles. The predicted molar refractivity (Wildman–Crippen MR) is 82.4 cm³/mol. The van der Waals surface area contributed by atoms with E-state index in [1.165, 1.54) is 0 Å². The van der Waals surface area contributed by atoms with Crippen molar-refractivity contribution < 1.29 is 0 Å². The number of thiocarbonyl (C=S) groups is 1. The van der Waals surface area contributed by atoms with Crippen LogP contribution < -0.4 is 5.43 Å². The summed E-state index contributed by atoms with van der Waals surface area (Å²) in [5, 5.41) is 4.97. The van der Waals surface area contributed by atoms with Gasteiger partial charge in [0.15, 0.2) is 5.11 Å². The highest BCUT2D eigenvalue weighted by atomic mass is 35.5. The summed E-state index contributed by atoms with van der Waals surface area (Å²) in [6.07, 6.45) is 1.72. The van der Waals surface area contributed by atoms with Gasteiger partial charge in [-0.3, -0.25) is 5.43 Å². The largest absolute Gasteiger partial charge is 0.354 e. The van der Waals surface area contributed by atoms with Gasteiger partial charge in [0.05, 0.1) is 5.71 Å². The second kappa shape index (κ2) is 8.06. The van der Waals surface area contributed by atoms with Gasteiger partial charge in [-0.2, -0.15) is 5.10 Å². The van der Waals surface area contributed by atoms with E-state index in [1.807, 2.05) is 49.3 Å². The van der Waals surface area contributed by atoms with Crippen LogP contribution in [0.3, 0.4) is 0 Å². The minimum atomic E-state index is 0.592. The topological polar surface area (TPSA) is 27.6 Å². The van der Waals surface area contributed by atoms with Gasteiger partial charge in [-0.05, 0) is 30.6 Å². The molecule has 1 rings (SSSR count). The molecule has 0 saturated heterocycles. The van der Waals surface area contributed by atoms with Crippen molar-refractivity contribution in [3.63, 3.8) is 0 Å². The van der Waals surface area contributed by atoms with Crippen LogP contribution in [0.4, 0.5) is 0 Å². The molecule has 0 unspecified atom stereocenters. The van der Waals surface area contributed by atoms with Crippen molar-refractivity contribution in [1.29, 1.82) is 0 Å². The van der Waals surface area contributed by atoms with Crippen LogP contribution in [0.1, 0.15) is 18.4 Å². The number of benzene rings is 1. The highest BCUT2D eigenvalue weighted by Crippen LogP contribution is 2.07. The molecule has 3 nitrogen and oxygen atoms in total. The summed E-state index contributed by atoms with van der Waals surface area (Å²) in [5.41, 5.74) is 4.96. The molecule has 0 saturated carbocycles. The fourth-order valence-electron chi connectivity index (χ4n) is 1.34. The number of hydrazone groups is 1. The van der Waals surface area contributed by atoms with Crippen molar-refractivity contribution in [2.24, 2.45) is 5.10 Å². The molecule has 0 aliphatic rings. The van der Waals surface area contributed by atoms with Gasteiger partial charge in [0.1, 0.15) is 0 Å². The first-order valence-corrected chi connectivity index (χ1v) is 6.74. The molecule has 0 heterocycles. The number of nitrogens with one attached hydrogen (secondary N) is 1. The lowest BCUT2D eigenvalue weighted by molar-refractivity contribution is 0.605. The fraction of sp³-hybridized carbons (Fsp3) is 0.385. The number of alkyl halides is 1. The first-order chi connectivity index (χ1) is 8.65. The fourth-order valence-corrected chi connectivity index (χ4v) is 1.52. The van der Waals surface area contributed by atoms with Crippen LogP contribution in [-0.4, -0.2) is 35.7 Å². The summed E-state index contributed by atoms with van der Waals surface area (Å²) in [4.78, 5) is 1.81. The Labute approximate surface area is 119 Å². The summed E-state index contributed by atoms with van der Waals surface area (Å²) in [7, 11) is 3.76. The van der Waals surface area contributed by atoms with Crippen LogP contribution >= 0.6 is 23.8 Å². The number of halogens is 1. The molecule has 0 spiro atoms. The summed E-state index contributed by atoms with van der Waals surface area (Å²) in [6.45, 7) is 0. The zero-order valence-electron chi connectivity index (χ0n) is 10.7. The van der Waals surface area contributed by atoms with Gasteiger partial charge in [0, 0.05) is 20.0 Å². The Morgan fingerprint density at radius 2 is 2.00 bits per heavy atom. The highest BCUT2D eigenvalue weighted by Gasteiger charge is 2.04. The van der Waals surface area contributed by atoms with Crippen molar-refractivity contribution in [2.75, 3.05) is 20.0 Å². The second-order valence-corrected chi connectivity index (χ2v) is 4.79. The Hall–Kier alpha value is -1.13. The maximum absolute atomic E-state index is 5.74. The van der Waals surface area contributed by atoms with Crippen LogP contribution in [0.15, 0.2) is 35.4 Å². The van der Waals surface area contributed by atoms with Gasteiger partial charge in [-0.1, -0.05) is 30.3 Å². The summed E-state index contributed by atoms with van der Waals surface area (Å²) < 4.78 is 0. The van der Waals surface area contributed by atoms with E-state index in [2.05, 4.69) is 10.5 Å². The van der Waals surface area contributed by atoms with Gasteiger partial charge >= 0.3 is 0 Å². The van der Waals surface area contributed by atoms with E-state index in [0.717, 1.165) is 24.1 Å². The minimum absolute atomic E-state index is 0.592. The van der Waals surface area contributed by atoms with E-state index < -0.39 is 0 Å². The molecule has 0 amide bonds. The minimum Gasteiger partial charge on any atom is -0.354 e. The van der Waals surface area contributed by atoms with E-state index in [1.54, 1.807) is 0 Å². The Morgan fingerprint density at radius 1 is 1.33 bits per heavy atom. The first kappa shape index (κ1) is 14.9. The molecule has 0 bridgehead atoms. The van der Waals surface area contributed by atoms with Crippen LogP contribution in [-0.2, 0) is 0 Å². The third-order valence-corrected chi connectivity index (χ3v) is 3.07.